The van der Waals surface area contributed by atoms with Crippen molar-refractivity contribution >= 4 is 29.3 Å². The third-order valence-corrected chi connectivity index (χ3v) is 6.47. The molecule has 1 fully saturated rings. The molecule has 0 bridgehead atoms. The first-order valence-corrected chi connectivity index (χ1v) is 12.3. The van der Waals surface area contributed by atoms with Gasteiger partial charge in [0.05, 0.1) is 5.69 Å². The number of anilines is 1. The van der Waals surface area contributed by atoms with Crippen molar-refractivity contribution in [2.75, 3.05) is 37.6 Å². The van der Waals surface area contributed by atoms with Gasteiger partial charge in [-0.2, -0.15) is 0 Å². The minimum atomic E-state index is -1.94. The average molecular weight is 518 g/mol. The van der Waals surface area contributed by atoms with E-state index in [-0.39, 0.29) is 31.3 Å². The van der Waals surface area contributed by atoms with Crippen molar-refractivity contribution in [2.45, 2.75) is 18.6 Å². The van der Waals surface area contributed by atoms with E-state index in [1.54, 1.807) is 40.6 Å². The van der Waals surface area contributed by atoms with Crippen molar-refractivity contribution in [3.63, 3.8) is 0 Å². The molecule has 192 valence electrons. The average Bonchev–Trinajstić information content (AvgIpc) is 2.90. The number of hydrogen-bond acceptors (Lipinski definition) is 6. The van der Waals surface area contributed by atoms with Crippen LogP contribution in [0.1, 0.15) is 5.56 Å². The first-order chi connectivity index (χ1) is 17.3. The van der Waals surface area contributed by atoms with E-state index in [0.29, 0.717) is 30.1 Å². The highest BCUT2D eigenvalue weighted by molar-refractivity contribution is 8.05. The molecule has 0 aliphatic carbocycles. The number of piperazine rings is 1. The third kappa shape index (κ3) is 7.64. The van der Waals surface area contributed by atoms with Gasteiger partial charge in [-0.05, 0) is 41.7 Å². The van der Waals surface area contributed by atoms with E-state index >= 15 is 0 Å². The zero-order valence-electron chi connectivity index (χ0n) is 19.6. The first-order valence-electron chi connectivity index (χ1n) is 11.4. The molecule has 1 aliphatic heterocycles. The molecule has 2 unspecified atom stereocenters. The van der Waals surface area contributed by atoms with Crippen LogP contribution in [-0.4, -0.2) is 71.9 Å². The van der Waals surface area contributed by atoms with Crippen LogP contribution in [0, 0.1) is 11.6 Å². The van der Waals surface area contributed by atoms with Gasteiger partial charge < -0.3 is 25.3 Å². The van der Waals surface area contributed by atoms with E-state index < -0.39 is 24.0 Å². The monoisotopic (exact) mass is 517 g/mol. The fraction of sp³-hybridized carbons (Fsp3) is 0.308. The number of thioether (sulfide) groups is 1. The molecule has 2 atom stereocenters. The molecule has 1 saturated heterocycles. The molecule has 1 aliphatic rings. The number of carbonyl (C=O) groups excluding carboxylic acids is 2. The Balaban J connectivity index is 1.39. The second-order valence-electron chi connectivity index (χ2n) is 8.23. The lowest BCUT2D eigenvalue weighted by Gasteiger charge is -2.37. The smallest absolute Gasteiger partial charge is 0.254 e. The largest absolute Gasteiger partial charge is 0.380 e. The zero-order valence-corrected chi connectivity index (χ0v) is 20.5. The topological polar surface area (TPSA) is 93.1 Å². The molecule has 0 saturated carbocycles. The Bertz CT molecular complexity index is 1090. The van der Waals surface area contributed by atoms with Crippen molar-refractivity contribution in [1.82, 2.24) is 10.2 Å². The molecule has 36 heavy (non-hydrogen) atoms. The van der Waals surface area contributed by atoms with Crippen molar-refractivity contribution < 1.29 is 28.6 Å². The molecule has 3 rings (SSSR count). The van der Waals surface area contributed by atoms with Crippen LogP contribution in [0.3, 0.4) is 0 Å². The highest BCUT2D eigenvalue weighted by Gasteiger charge is 2.34. The highest BCUT2D eigenvalue weighted by Crippen LogP contribution is 2.20. The van der Waals surface area contributed by atoms with Gasteiger partial charge in [0.2, 0.25) is 0 Å². The predicted octanol–water partition coefficient (Wildman–Crippen LogP) is 2.45. The Kier molecular flexibility index (Phi) is 10.0. The Morgan fingerprint density at radius 3 is 2.36 bits per heavy atom. The highest BCUT2D eigenvalue weighted by atomic mass is 32.2. The molecule has 0 aromatic heterocycles. The maximum atomic E-state index is 14.0. The Morgan fingerprint density at radius 1 is 1.03 bits per heavy atom. The van der Waals surface area contributed by atoms with E-state index in [2.05, 4.69) is 11.9 Å². The molecule has 7 nitrogen and oxygen atoms in total. The van der Waals surface area contributed by atoms with Gasteiger partial charge in [-0.15, -0.1) is 11.8 Å². The fourth-order valence-electron chi connectivity index (χ4n) is 3.62. The number of aliphatic hydroxyl groups is 2. The number of para-hydroxylation sites is 1. The summed E-state index contributed by atoms with van der Waals surface area (Å²) in [7, 11) is 0. The van der Waals surface area contributed by atoms with E-state index in [1.165, 1.54) is 34.9 Å². The summed E-state index contributed by atoms with van der Waals surface area (Å²) in [5.74, 6) is -2.30. The summed E-state index contributed by atoms with van der Waals surface area (Å²) in [6, 6.07) is 12.5. The Morgan fingerprint density at radius 2 is 1.69 bits per heavy atom. The van der Waals surface area contributed by atoms with E-state index in [9.17, 15) is 28.6 Å². The number of allylic oxidation sites excluding steroid dienone is 1. The van der Waals surface area contributed by atoms with E-state index in [4.69, 9.17) is 0 Å². The molecule has 2 aromatic carbocycles. The van der Waals surface area contributed by atoms with Gasteiger partial charge >= 0.3 is 0 Å². The van der Waals surface area contributed by atoms with Gasteiger partial charge in [-0.1, -0.05) is 36.9 Å². The summed E-state index contributed by atoms with van der Waals surface area (Å²) in [6.07, 6.45) is -1.38. The SMILES string of the molecule is C=C(CNC(=O)C(O)C(O)C(=O)N1CCN(c2ccccc2F)CC1)S/C=C/Cc1ccc(F)cc1. The number of carbonyl (C=O) groups is 2. The lowest BCUT2D eigenvalue weighted by Crippen LogP contribution is -2.55. The van der Waals surface area contributed by atoms with Gasteiger partial charge in [-0.3, -0.25) is 9.59 Å². The number of nitrogens with one attached hydrogen (secondary N) is 1. The number of halogens is 2. The predicted molar refractivity (Wildman–Crippen MR) is 136 cm³/mol. The Labute approximate surface area is 213 Å². The molecular formula is C26H29F2N3O4S. The van der Waals surface area contributed by atoms with Crippen molar-refractivity contribution in [2.24, 2.45) is 0 Å². The van der Waals surface area contributed by atoms with Gasteiger partial charge in [0.15, 0.2) is 12.2 Å². The second kappa shape index (κ2) is 13.2. The Hall–Kier alpha value is -3.21. The van der Waals surface area contributed by atoms with Crippen LogP contribution in [0.5, 0.6) is 0 Å². The lowest BCUT2D eigenvalue weighted by molar-refractivity contribution is -0.153. The number of nitrogens with zero attached hydrogens (tertiary/aromatic N) is 2. The lowest BCUT2D eigenvalue weighted by atomic mass is 10.1. The van der Waals surface area contributed by atoms with Gasteiger partial charge in [0.25, 0.3) is 11.8 Å². The molecule has 1 heterocycles. The number of hydrogen-bond donors (Lipinski definition) is 3. The summed E-state index contributed by atoms with van der Waals surface area (Å²) < 4.78 is 26.9. The van der Waals surface area contributed by atoms with Crippen LogP contribution in [0.25, 0.3) is 0 Å². The van der Waals surface area contributed by atoms with Gasteiger partial charge in [-0.25, -0.2) is 8.78 Å². The summed E-state index contributed by atoms with van der Waals surface area (Å²) in [5, 5.41) is 24.7. The van der Waals surface area contributed by atoms with Crippen LogP contribution in [0.4, 0.5) is 14.5 Å². The minimum absolute atomic E-state index is 0.0314. The molecular weight excluding hydrogens is 488 g/mol. The molecule has 0 spiro atoms. The van der Waals surface area contributed by atoms with Crippen LogP contribution in [-0.2, 0) is 16.0 Å². The van der Waals surface area contributed by atoms with Gasteiger partial charge in [0.1, 0.15) is 11.6 Å². The van der Waals surface area contributed by atoms with E-state index in [1.807, 2.05) is 6.08 Å². The van der Waals surface area contributed by atoms with Crippen LogP contribution < -0.4 is 10.2 Å². The van der Waals surface area contributed by atoms with Crippen LogP contribution >= 0.6 is 11.8 Å². The number of benzene rings is 2. The van der Waals surface area contributed by atoms with Crippen LogP contribution in [0.2, 0.25) is 0 Å². The van der Waals surface area contributed by atoms with Crippen molar-refractivity contribution in [3.05, 3.63) is 88.7 Å². The maximum Gasteiger partial charge on any atom is 0.254 e. The number of amides is 2. The summed E-state index contributed by atoms with van der Waals surface area (Å²) in [6.45, 7) is 5.01. The quantitative estimate of drug-likeness (QED) is 0.449. The molecule has 0 radical (unpaired) electrons. The fourth-order valence-corrected chi connectivity index (χ4v) is 4.16. The normalized spacial score (nSPS) is 15.6. The number of rotatable bonds is 10. The summed E-state index contributed by atoms with van der Waals surface area (Å²) >= 11 is 1.27. The molecule has 2 amide bonds. The van der Waals surface area contributed by atoms with E-state index in [0.717, 1.165) is 5.56 Å². The summed E-state index contributed by atoms with van der Waals surface area (Å²) in [4.78, 5) is 28.6. The zero-order chi connectivity index (χ0) is 26.1. The van der Waals surface area contributed by atoms with Gasteiger partial charge in [0, 0.05) is 37.6 Å². The van der Waals surface area contributed by atoms with Crippen molar-refractivity contribution in [1.29, 1.82) is 0 Å². The first kappa shape index (κ1) is 27.4. The number of aliphatic hydroxyl groups excluding tert-OH is 2. The summed E-state index contributed by atoms with van der Waals surface area (Å²) in [5.41, 5.74) is 1.38. The molecule has 10 heteroatoms. The second-order valence-corrected chi connectivity index (χ2v) is 9.32. The molecule has 2 aromatic rings. The maximum absolute atomic E-state index is 14.0. The van der Waals surface area contributed by atoms with Crippen molar-refractivity contribution in [3.8, 4) is 0 Å². The molecule has 3 N–H and O–H groups in total. The standard InChI is InChI=1S/C26H29F2N3O4S/c1-18(36-16-4-5-19-8-10-20(27)11-9-19)17-29-25(34)23(32)24(33)26(35)31-14-12-30(13-15-31)22-7-3-2-6-21(22)28/h2-4,6-11,16,23-24,32-33H,1,5,12-15,17H2,(H,29,34)/b16-4+. The third-order valence-electron chi connectivity index (χ3n) is 5.66. The minimum Gasteiger partial charge on any atom is -0.380 e. The van der Waals surface area contributed by atoms with Crippen LogP contribution in [0.15, 0.2) is 71.5 Å².